The predicted molar refractivity (Wildman–Crippen MR) is 92.4 cm³/mol. The smallest absolute Gasteiger partial charge is 0.267 e. The van der Waals surface area contributed by atoms with Gasteiger partial charge in [-0.3, -0.25) is 14.8 Å². The Morgan fingerprint density at radius 3 is 2.83 bits per heavy atom. The van der Waals surface area contributed by atoms with Crippen molar-refractivity contribution >= 4 is 23.2 Å². The highest BCUT2D eigenvalue weighted by atomic mass is 35.5. The number of hydrogen-bond donors (Lipinski definition) is 1. The third kappa shape index (κ3) is 3.94. The van der Waals surface area contributed by atoms with Crippen LogP contribution in [0.25, 0.3) is 0 Å². The van der Waals surface area contributed by atoms with Crippen LogP contribution >= 0.6 is 11.6 Å². The van der Waals surface area contributed by atoms with E-state index >= 15 is 0 Å². The monoisotopic (exact) mass is 346 g/mol. The molecule has 1 fully saturated rings. The van der Waals surface area contributed by atoms with Crippen molar-refractivity contribution in [3.63, 3.8) is 0 Å². The first-order valence-electron chi connectivity index (χ1n) is 7.86. The Bertz CT molecular complexity index is 717. The van der Waals surface area contributed by atoms with E-state index in [0.29, 0.717) is 29.0 Å². The van der Waals surface area contributed by atoms with Gasteiger partial charge in [-0.05, 0) is 30.9 Å². The molecule has 0 aliphatic carbocycles. The summed E-state index contributed by atoms with van der Waals surface area (Å²) in [5.74, 6) is 0.645. The van der Waals surface area contributed by atoms with Gasteiger partial charge in [0.05, 0.1) is 6.61 Å². The third-order valence-corrected chi connectivity index (χ3v) is 4.47. The molecule has 0 radical (unpaired) electrons. The van der Waals surface area contributed by atoms with Crippen molar-refractivity contribution in [1.82, 2.24) is 9.97 Å². The molecule has 0 unspecified atom stereocenters. The highest BCUT2D eigenvalue weighted by molar-refractivity contribution is 6.31. The first kappa shape index (κ1) is 16.5. The lowest BCUT2D eigenvalue weighted by atomic mass is 9.97. The van der Waals surface area contributed by atoms with E-state index in [1.54, 1.807) is 30.7 Å². The van der Waals surface area contributed by atoms with Gasteiger partial charge in [0.25, 0.3) is 5.91 Å². The van der Waals surface area contributed by atoms with E-state index in [1.165, 1.54) is 0 Å². The number of carbonyl (C=O) groups is 1. The predicted octanol–water partition coefficient (Wildman–Crippen LogP) is 2.52. The van der Waals surface area contributed by atoms with Gasteiger partial charge in [0.1, 0.15) is 16.5 Å². The highest BCUT2D eigenvalue weighted by Crippen LogP contribution is 2.26. The number of primary amides is 1. The Balaban J connectivity index is 1.53. The molecular weight excluding hydrogens is 328 g/mol. The summed E-state index contributed by atoms with van der Waals surface area (Å²) >= 11 is 6.05. The van der Waals surface area contributed by atoms with Gasteiger partial charge in [-0.15, -0.1) is 0 Å². The molecule has 3 heterocycles. The summed E-state index contributed by atoms with van der Waals surface area (Å²) in [6, 6.07) is 5.43. The summed E-state index contributed by atoms with van der Waals surface area (Å²) in [7, 11) is 0. The van der Waals surface area contributed by atoms with Gasteiger partial charge in [-0.1, -0.05) is 11.6 Å². The molecule has 126 valence electrons. The zero-order valence-electron chi connectivity index (χ0n) is 13.2. The fraction of sp³-hybridized carbons (Fsp3) is 0.353. The lowest BCUT2D eigenvalue weighted by Crippen LogP contribution is -2.35. The molecule has 2 aromatic heterocycles. The van der Waals surface area contributed by atoms with Crippen LogP contribution in [0.3, 0.4) is 0 Å². The lowest BCUT2D eigenvalue weighted by Gasteiger charge is -2.33. The van der Waals surface area contributed by atoms with E-state index in [1.807, 2.05) is 6.07 Å². The summed E-state index contributed by atoms with van der Waals surface area (Å²) in [5, 5.41) is 0.533. The average molecular weight is 347 g/mol. The van der Waals surface area contributed by atoms with Gasteiger partial charge in [0.2, 0.25) is 0 Å². The molecule has 2 aromatic rings. The van der Waals surface area contributed by atoms with Crippen molar-refractivity contribution in [2.75, 3.05) is 24.6 Å². The maximum Gasteiger partial charge on any atom is 0.267 e. The fourth-order valence-corrected chi connectivity index (χ4v) is 2.97. The second-order valence-electron chi connectivity index (χ2n) is 5.81. The Morgan fingerprint density at radius 2 is 2.12 bits per heavy atom. The molecule has 0 spiro atoms. The number of anilines is 1. The number of carbonyl (C=O) groups excluding carboxylic acids is 1. The Morgan fingerprint density at radius 1 is 1.33 bits per heavy atom. The normalized spacial score (nSPS) is 15.3. The molecule has 0 saturated carbocycles. The second-order valence-corrected chi connectivity index (χ2v) is 6.22. The Hall–Kier alpha value is -2.34. The number of nitrogens with zero attached hydrogens (tertiary/aromatic N) is 3. The maximum absolute atomic E-state index is 11.2. The van der Waals surface area contributed by atoms with Crippen molar-refractivity contribution in [2.45, 2.75) is 12.8 Å². The molecule has 0 aromatic carbocycles. The van der Waals surface area contributed by atoms with E-state index in [-0.39, 0.29) is 0 Å². The van der Waals surface area contributed by atoms with Crippen LogP contribution in [0.15, 0.2) is 36.8 Å². The second kappa shape index (κ2) is 7.49. The SMILES string of the molecule is NC(=O)c1cc(N2CCC(COc3ccncc3Cl)CC2)ccn1. The summed E-state index contributed by atoms with van der Waals surface area (Å²) in [4.78, 5) is 21.4. The van der Waals surface area contributed by atoms with Gasteiger partial charge >= 0.3 is 0 Å². The van der Waals surface area contributed by atoms with Crippen molar-refractivity contribution in [3.05, 3.63) is 47.5 Å². The van der Waals surface area contributed by atoms with E-state index in [0.717, 1.165) is 31.6 Å². The molecule has 6 nitrogen and oxygen atoms in total. The number of hydrogen-bond acceptors (Lipinski definition) is 5. The lowest BCUT2D eigenvalue weighted by molar-refractivity contribution is 0.0995. The molecule has 3 rings (SSSR count). The number of aromatic nitrogens is 2. The quantitative estimate of drug-likeness (QED) is 0.899. The van der Waals surface area contributed by atoms with Crippen LogP contribution in [0, 0.1) is 5.92 Å². The first-order valence-corrected chi connectivity index (χ1v) is 8.24. The zero-order valence-corrected chi connectivity index (χ0v) is 13.9. The molecule has 1 amide bonds. The molecule has 1 saturated heterocycles. The first-order chi connectivity index (χ1) is 11.6. The van der Waals surface area contributed by atoms with Gasteiger partial charge in [-0.2, -0.15) is 0 Å². The number of piperidine rings is 1. The number of ether oxygens (including phenoxy) is 1. The van der Waals surface area contributed by atoms with Crippen LogP contribution < -0.4 is 15.4 Å². The van der Waals surface area contributed by atoms with Crippen LogP contribution in [0.4, 0.5) is 5.69 Å². The van der Waals surface area contributed by atoms with Crippen LogP contribution in [0.2, 0.25) is 5.02 Å². The topological polar surface area (TPSA) is 81.3 Å². The molecule has 24 heavy (non-hydrogen) atoms. The van der Waals surface area contributed by atoms with Gasteiger partial charge in [-0.25, -0.2) is 0 Å². The van der Waals surface area contributed by atoms with E-state index in [9.17, 15) is 4.79 Å². The number of nitrogens with two attached hydrogens (primary N) is 1. The summed E-state index contributed by atoms with van der Waals surface area (Å²) in [5.41, 5.74) is 6.57. The molecule has 1 aliphatic heterocycles. The molecule has 0 atom stereocenters. The van der Waals surface area contributed by atoms with E-state index < -0.39 is 5.91 Å². The Labute approximate surface area is 145 Å². The number of halogens is 1. The zero-order chi connectivity index (χ0) is 16.9. The number of rotatable bonds is 5. The number of amides is 1. The highest BCUT2D eigenvalue weighted by Gasteiger charge is 2.21. The van der Waals surface area contributed by atoms with Gasteiger partial charge < -0.3 is 15.4 Å². The molecule has 0 bridgehead atoms. The van der Waals surface area contributed by atoms with Crippen molar-refractivity contribution in [2.24, 2.45) is 11.7 Å². The average Bonchev–Trinajstić information content (AvgIpc) is 2.61. The van der Waals surface area contributed by atoms with E-state index in [2.05, 4.69) is 14.9 Å². The minimum absolute atomic E-state index is 0.297. The van der Waals surface area contributed by atoms with Crippen LogP contribution in [-0.4, -0.2) is 35.6 Å². The van der Waals surface area contributed by atoms with Crippen LogP contribution in [-0.2, 0) is 0 Å². The largest absolute Gasteiger partial charge is 0.492 e. The minimum Gasteiger partial charge on any atom is -0.492 e. The molecule has 1 aliphatic rings. The van der Waals surface area contributed by atoms with E-state index in [4.69, 9.17) is 22.1 Å². The fourth-order valence-electron chi connectivity index (χ4n) is 2.80. The molecule has 2 N–H and O–H groups in total. The third-order valence-electron chi connectivity index (χ3n) is 4.19. The standard InChI is InChI=1S/C17H19ClN4O2/c18-14-10-20-5-2-16(14)24-11-12-3-7-22(8-4-12)13-1-6-21-15(9-13)17(19)23/h1-2,5-6,9-10,12H,3-4,7-8,11H2,(H2,19,23). The van der Waals surface area contributed by atoms with Crippen LogP contribution in [0.5, 0.6) is 5.75 Å². The summed E-state index contributed by atoms with van der Waals surface area (Å²) in [6.07, 6.45) is 6.90. The number of pyridine rings is 2. The van der Waals surface area contributed by atoms with Gasteiger partial charge in [0.15, 0.2) is 0 Å². The summed E-state index contributed by atoms with van der Waals surface area (Å²) < 4.78 is 5.81. The molecule has 7 heteroatoms. The minimum atomic E-state index is -0.505. The Kier molecular flexibility index (Phi) is 5.15. The maximum atomic E-state index is 11.2. The molecular formula is C17H19ClN4O2. The summed E-state index contributed by atoms with van der Waals surface area (Å²) in [6.45, 7) is 2.45. The van der Waals surface area contributed by atoms with Crippen LogP contribution in [0.1, 0.15) is 23.3 Å². The van der Waals surface area contributed by atoms with Gasteiger partial charge in [0, 0.05) is 43.4 Å². The van der Waals surface area contributed by atoms with Crippen molar-refractivity contribution in [3.8, 4) is 5.75 Å². The van der Waals surface area contributed by atoms with Crippen molar-refractivity contribution in [1.29, 1.82) is 0 Å². The van der Waals surface area contributed by atoms with Crippen molar-refractivity contribution < 1.29 is 9.53 Å².